The highest BCUT2D eigenvalue weighted by Crippen LogP contribution is 2.31. The van der Waals surface area contributed by atoms with E-state index < -0.39 is 50.4 Å². The minimum atomic E-state index is -2.51. The zero-order chi connectivity index (χ0) is 18.7. The Bertz CT molecular complexity index is 659. The van der Waals surface area contributed by atoms with Gasteiger partial charge in [-0.05, 0) is 6.42 Å². The van der Waals surface area contributed by atoms with E-state index in [1.165, 1.54) is 12.2 Å². The normalized spacial score (nSPS) is 13.2. The van der Waals surface area contributed by atoms with Crippen molar-refractivity contribution in [1.29, 1.82) is 0 Å². The van der Waals surface area contributed by atoms with Gasteiger partial charge in [-0.25, -0.2) is 22.0 Å². The molecule has 2 nitrogen and oxygen atoms in total. The maximum absolute atomic E-state index is 13.9. The standard InChI is InChI=1S/C14H9Cl3F5NO/c1-2-3-4-5-6(23-13(24)14(15,16)17)7-8(18)10(20)12(22)11(21)9(7)19/h2,4-6H,1,3H2,(H,23,24)/b5-4+/t6-/m0/s1. The maximum Gasteiger partial charge on any atom is 0.272 e. The first-order valence-corrected chi connectivity index (χ1v) is 7.32. The molecule has 0 spiro atoms. The zero-order valence-electron chi connectivity index (χ0n) is 11.7. The SMILES string of the molecule is C=CC/C=C/[C@H](NC(=O)C(Cl)(Cl)Cl)c1c(F)c(F)c(F)c(F)c1F. The van der Waals surface area contributed by atoms with Crippen molar-refractivity contribution in [3.05, 3.63) is 59.5 Å². The smallest absolute Gasteiger partial charge is 0.272 e. The number of nitrogens with one attached hydrogen (secondary N) is 1. The van der Waals surface area contributed by atoms with E-state index in [2.05, 4.69) is 6.58 Å². The van der Waals surface area contributed by atoms with Crippen LogP contribution in [0.5, 0.6) is 0 Å². The quantitative estimate of drug-likeness (QED) is 0.239. The van der Waals surface area contributed by atoms with Crippen molar-refractivity contribution in [2.75, 3.05) is 0 Å². The highest BCUT2D eigenvalue weighted by atomic mass is 35.6. The molecule has 0 radical (unpaired) electrons. The Balaban J connectivity index is 3.45. The van der Waals surface area contributed by atoms with Gasteiger partial charge in [0.05, 0.1) is 11.6 Å². The van der Waals surface area contributed by atoms with Crippen LogP contribution in [0.15, 0.2) is 24.8 Å². The number of carbonyl (C=O) groups excluding carboxylic acids is 1. The van der Waals surface area contributed by atoms with Gasteiger partial charge in [-0.15, -0.1) is 6.58 Å². The van der Waals surface area contributed by atoms with Crippen LogP contribution in [0.25, 0.3) is 0 Å². The molecule has 1 aromatic rings. The van der Waals surface area contributed by atoms with E-state index >= 15 is 0 Å². The molecule has 1 aromatic carbocycles. The van der Waals surface area contributed by atoms with Crippen molar-refractivity contribution in [1.82, 2.24) is 5.32 Å². The van der Waals surface area contributed by atoms with Crippen LogP contribution in [0, 0.1) is 29.1 Å². The number of allylic oxidation sites excluding steroid dienone is 2. The molecular weight excluding hydrogens is 400 g/mol. The lowest BCUT2D eigenvalue weighted by Crippen LogP contribution is -2.37. The van der Waals surface area contributed by atoms with Crippen LogP contribution in [-0.4, -0.2) is 9.70 Å². The molecule has 0 heterocycles. The third-order valence-corrected chi connectivity index (χ3v) is 3.25. The van der Waals surface area contributed by atoms with Crippen LogP contribution < -0.4 is 5.32 Å². The van der Waals surface area contributed by atoms with Crippen LogP contribution >= 0.6 is 34.8 Å². The minimum absolute atomic E-state index is 0.190. The van der Waals surface area contributed by atoms with Crippen LogP contribution in [0.2, 0.25) is 0 Å². The fourth-order valence-electron chi connectivity index (χ4n) is 1.65. The van der Waals surface area contributed by atoms with Gasteiger partial charge in [-0.1, -0.05) is 53.0 Å². The Morgan fingerprint density at radius 1 is 1.04 bits per heavy atom. The number of carbonyl (C=O) groups is 1. The third-order valence-electron chi connectivity index (χ3n) is 2.73. The lowest BCUT2D eigenvalue weighted by Gasteiger charge is -2.20. The summed E-state index contributed by atoms with van der Waals surface area (Å²) in [5, 5.41) is 1.90. The molecule has 0 unspecified atom stereocenters. The molecule has 0 bridgehead atoms. The summed E-state index contributed by atoms with van der Waals surface area (Å²) in [5.41, 5.74) is -1.28. The van der Waals surface area contributed by atoms with Crippen molar-refractivity contribution in [2.45, 2.75) is 16.3 Å². The summed E-state index contributed by atoms with van der Waals surface area (Å²) in [4.78, 5) is 11.7. The van der Waals surface area contributed by atoms with Crippen molar-refractivity contribution in [3.8, 4) is 0 Å². The monoisotopic (exact) mass is 407 g/mol. The van der Waals surface area contributed by atoms with Gasteiger partial charge in [0.2, 0.25) is 5.82 Å². The lowest BCUT2D eigenvalue weighted by atomic mass is 10.0. The van der Waals surface area contributed by atoms with Gasteiger partial charge in [0.1, 0.15) is 0 Å². The first-order valence-electron chi connectivity index (χ1n) is 6.18. The largest absolute Gasteiger partial charge is 0.342 e. The van der Waals surface area contributed by atoms with Gasteiger partial charge in [-0.2, -0.15) is 0 Å². The molecular formula is C14H9Cl3F5NO. The number of amides is 1. The number of hydrogen-bond acceptors (Lipinski definition) is 1. The number of alkyl halides is 3. The van der Waals surface area contributed by atoms with Crippen molar-refractivity contribution in [2.24, 2.45) is 0 Å². The number of rotatable bonds is 5. The van der Waals surface area contributed by atoms with Gasteiger partial charge in [0.25, 0.3) is 9.70 Å². The number of benzene rings is 1. The molecule has 24 heavy (non-hydrogen) atoms. The zero-order valence-corrected chi connectivity index (χ0v) is 13.9. The molecule has 132 valence electrons. The molecule has 1 rings (SSSR count). The first-order chi connectivity index (χ1) is 11.0. The molecule has 1 atom stereocenters. The van der Waals surface area contributed by atoms with E-state index in [0.717, 1.165) is 6.08 Å². The van der Waals surface area contributed by atoms with E-state index in [1.807, 2.05) is 5.32 Å². The molecule has 0 aromatic heterocycles. The molecule has 1 amide bonds. The van der Waals surface area contributed by atoms with E-state index in [4.69, 9.17) is 34.8 Å². The Kier molecular flexibility index (Phi) is 7.07. The summed E-state index contributed by atoms with van der Waals surface area (Å²) >= 11 is 16.0. The van der Waals surface area contributed by atoms with E-state index in [-0.39, 0.29) is 6.42 Å². The van der Waals surface area contributed by atoms with Gasteiger partial charge < -0.3 is 5.32 Å². The summed E-state index contributed by atoms with van der Waals surface area (Å²) in [6, 6.07) is -1.77. The second kappa shape index (κ2) is 8.18. The highest BCUT2D eigenvalue weighted by molar-refractivity contribution is 6.76. The lowest BCUT2D eigenvalue weighted by molar-refractivity contribution is -0.120. The second-order valence-electron chi connectivity index (χ2n) is 4.39. The average Bonchev–Trinajstić information content (AvgIpc) is 2.50. The van der Waals surface area contributed by atoms with Crippen LogP contribution in [0.3, 0.4) is 0 Å². The predicted octanol–water partition coefficient (Wildman–Crippen LogP) is 5.04. The van der Waals surface area contributed by atoms with Crippen LogP contribution in [-0.2, 0) is 4.79 Å². The summed E-state index contributed by atoms with van der Waals surface area (Å²) in [6.07, 6.45) is 3.83. The minimum Gasteiger partial charge on any atom is -0.342 e. The van der Waals surface area contributed by atoms with E-state index in [0.29, 0.717) is 0 Å². The van der Waals surface area contributed by atoms with Gasteiger partial charge in [0, 0.05) is 0 Å². The molecule has 0 aliphatic heterocycles. The summed E-state index contributed by atoms with van der Waals surface area (Å²) in [7, 11) is 0. The first kappa shape index (κ1) is 20.7. The number of halogens is 8. The van der Waals surface area contributed by atoms with Gasteiger partial charge >= 0.3 is 0 Å². The van der Waals surface area contributed by atoms with Crippen LogP contribution in [0.1, 0.15) is 18.0 Å². The molecule has 0 aliphatic carbocycles. The predicted molar refractivity (Wildman–Crippen MR) is 81.4 cm³/mol. The molecule has 0 saturated heterocycles. The molecule has 0 fully saturated rings. The third kappa shape index (κ3) is 4.62. The Morgan fingerprint density at radius 2 is 1.50 bits per heavy atom. The highest BCUT2D eigenvalue weighted by Gasteiger charge is 2.35. The average molecular weight is 409 g/mol. The fourth-order valence-corrected chi connectivity index (χ4v) is 1.81. The molecule has 0 saturated carbocycles. The Labute approximate surface area is 148 Å². The van der Waals surface area contributed by atoms with Crippen molar-refractivity contribution < 1.29 is 26.7 Å². The second-order valence-corrected chi connectivity index (χ2v) is 6.67. The number of hydrogen-bond donors (Lipinski definition) is 1. The fraction of sp³-hybridized carbons (Fsp3) is 0.214. The van der Waals surface area contributed by atoms with Gasteiger partial charge in [-0.3, -0.25) is 4.79 Å². The van der Waals surface area contributed by atoms with Crippen LogP contribution in [0.4, 0.5) is 22.0 Å². The van der Waals surface area contributed by atoms with E-state index in [1.54, 1.807) is 0 Å². The van der Waals surface area contributed by atoms with Crippen molar-refractivity contribution >= 4 is 40.7 Å². The van der Waals surface area contributed by atoms with Gasteiger partial charge in [0.15, 0.2) is 23.3 Å². The van der Waals surface area contributed by atoms with E-state index in [9.17, 15) is 26.7 Å². The Hall–Kier alpha value is -1.31. The Morgan fingerprint density at radius 3 is 1.92 bits per heavy atom. The molecule has 1 N–H and O–H groups in total. The maximum atomic E-state index is 13.9. The molecule has 0 aliphatic rings. The van der Waals surface area contributed by atoms with Crippen molar-refractivity contribution in [3.63, 3.8) is 0 Å². The topological polar surface area (TPSA) is 29.1 Å². The summed E-state index contributed by atoms with van der Waals surface area (Å²) in [6.45, 7) is 3.39. The molecule has 10 heteroatoms. The summed E-state index contributed by atoms with van der Waals surface area (Å²) in [5.74, 6) is -12.2. The summed E-state index contributed by atoms with van der Waals surface area (Å²) < 4.78 is 65.0.